The monoisotopic (exact) mass is 195 g/mol. The van der Waals surface area contributed by atoms with E-state index < -0.39 is 0 Å². The third-order valence-corrected chi connectivity index (χ3v) is 3.09. The van der Waals surface area contributed by atoms with Crippen LogP contribution in [0.5, 0.6) is 0 Å². The third-order valence-electron chi connectivity index (χ3n) is 3.09. The average molecular weight is 195 g/mol. The zero-order valence-corrected chi connectivity index (χ0v) is 9.51. The molecule has 0 saturated carbocycles. The molecule has 14 heavy (non-hydrogen) atoms. The molecule has 0 N–H and O–H groups in total. The molecule has 0 aliphatic carbocycles. The lowest BCUT2D eigenvalue weighted by molar-refractivity contribution is 0.290. The normalized spacial score (nSPS) is 22.6. The van der Waals surface area contributed by atoms with E-state index in [9.17, 15) is 0 Å². The first-order valence-electron chi connectivity index (χ1n) is 6.27. The number of nitrogens with zero attached hydrogens (tertiary/aromatic N) is 1. The summed E-state index contributed by atoms with van der Waals surface area (Å²) < 4.78 is 0. The maximum absolute atomic E-state index is 3.83. The maximum Gasteiger partial charge on any atom is 0.0160 e. The van der Waals surface area contributed by atoms with Crippen LogP contribution in [0.4, 0.5) is 0 Å². The van der Waals surface area contributed by atoms with Crippen molar-refractivity contribution in [1.29, 1.82) is 0 Å². The SMILES string of the molecule is C=CCN1CCCCCCCCCC1. The lowest BCUT2D eigenvalue weighted by Crippen LogP contribution is -2.26. The average Bonchev–Trinajstić information content (AvgIpc) is 2.24. The topological polar surface area (TPSA) is 3.24 Å². The summed E-state index contributed by atoms with van der Waals surface area (Å²) >= 11 is 0. The Morgan fingerprint density at radius 3 is 1.64 bits per heavy atom. The fourth-order valence-electron chi connectivity index (χ4n) is 2.21. The van der Waals surface area contributed by atoms with E-state index in [1.807, 2.05) is 6.08 Å². The van der Waals surface area contributed by atoms with Crippen LogP contribution in [-0.4, -0.2) is 24.5 Å². The van der Waals surface area contributed by atoms with Crippen LogP contribution >= 0.6 is 0 Å². The summed E-state index contributed by atoms with van der Waals surface area (Å²) in [6.45, 7) is 7.48. The Bertz CT molecular complexity index is 130. The van der Waals surface area contributed by atoms with E-state index in [4.69, 9.17) is 0 Å². The van der Waals surface area contributed by atoms with E-state index in [1.165, 1.54) is 64.5 Å². The van der Waals surface area contributed by atoms with Crippen molar-refractivity contribution in [3.8, 4) is 0 Å². The molecule has 0 bridgehead atoms. The van der Waals surface area contributed by atoms with Crippen LogP contribution in [0.1, 0.15) is 51.4 Å². The minimum atomic E-state index is 1.08. The Labute approximate surface area is 89.2 Å². The van der Waals surface area contributed by atoms with Crippen molar-refractivity contribution in [3.63, 3.8) is 0 Å². The summed E-state index contributed by atoms with van der Waals surface area (Å²) in [6, 6.07) is 0. The smallest absolute Gasteiger partial charge is 0.0160 e. The highest BCUT2D eigenvalue weighted by atomic mass is 15.1. The first-order chi connectivity index (χ1) is 6.93. The van der Waals surface area contributed by atoms with Crippen molar-refractivity contribution >= 4 is 0 Å². The highest BCUT2D eigenvalue weighted by molar-refractivity contribution is 4.73. The molecule has 1 saturated heterocycles. The Kier molecular flexibility index (Phi) is 6.77. The Morgan fingerprint density at radius 2 is 1.21 bits per heavy atom. The van der Waals surface area contributed by atoms with Gasteiger partial charge < -0.3 is 0 Å². The van der Waals surface area contributed by atoms with Gasteiger partial charge in [-0.25, -0.2) is 0 Å². The molecule has 0 aromatic carbocycles. The molecule has 1 heterocycles. The maximum atomic E-state index is 3.83. The first-order valence-corrected chi connectivity index (χ1v) is 6.27. The fraction of sp³-hybridized carbons (Fsp3) is 0.846. The molecule has 1 aliphatic heterocycles. The molecule has 1 aliphatic rings. The highest BCUT2D eigenvalue weighted by Gasteiger charge is 2.03. The van der Waals surface area contributed by atoms with Gasteiger partial charge >= 0.3 is 0 Å². The van der Waals surface area contributed by atoms with Crippen molar-refractivity contribution in [1.82, 2.24) is 4.90 Å². The van der Waals surface area contributed by atoms with Crippen molar-refractivity contribution in [2.24, 2.45) is 0 Å². The standard InChI is InChI=1S/C13H25N/c1-2-11-14-12-9-7-5-3-4-6-8-10-13-14/h2H,1,3-13H2. The Balaban J connectivity index is 2.23. The van der Waals surface area contributed by atoms with Crippen LogP contribution in [0, 0.1) is 0 Å². The molecule has 0 radical (unpaired) electrons. The zero-order chi connectivity index (χ0) is 10.1. The summed E-state index contributed by atoms with van der Waals surface area (Å²) in [5.74, 6) is 0. The second-order valence-electron chi connectivity index (χ2n) is 4.42. The van der Waals surface area contributed by atoms with Crippen LogP contribution in [-0.2, 0) is 0 Å². The number of hydrogen-bond acceptors (Lipinski definition) is 1. The molecule has 0 aromatic heterocycles. The lowest BCUT2D eigenvalue weighted by Gasteiger charge is -2.19. The van der Waals surface area contributed by atoms with Crippen LogP contribution in [0.15, 0.2) is 12.7 Å². The summed E-state index contributed by atoms with van der Waals surface area (Å²) in [5, 5.41) is 0. The van der Waals surface area contributed by atoms with Crippen LogP contribution in [0.3, 0.4) is 0 Å². The minimum absolute atomic E-state index is 1.08. The highest BCUT2D eigenvalue weighted by Crippen LogP contribution is 2.11. The molecule has 0 atom stereocenters. The van der Waals surface area contributed by atoms with E-state index in [0.717, 1.165) is 6.54 Å². The van der Waals surface area contributed by atoms with Gasteiger partial charge in [-0.15, -0.1) is 6.58 Å². The van der Waals surface area contributed by atoms with Gasteiger partial charge in [0.2, 0.25) is 0 Å². The molecule has 82 valence electrons. The summed E-state index contributed by atoms with van der Waals surface area (Å²) in [7, 11) is 0. The molecule has 1 nitrogen and oxygen atoms in total. The largest absolute Gasteiger partial charge is 0.300 e. The van der Waals surface area contributed by atoms with Gasteiger partial charge in [0.15, 0.2) is 0 Å². The van der Waals surface area contributed by atoms with Crippen molar-refractivity contribution in [2.75, 3.05) is 19.6 Å². The Morgan fingerprint density at radius 1 is 0.786 bits per heavy atom. The molecule has 0 amide bonds. The summed E-state index contributed by atoms with van der Waals surface area (Å²) in [5.41, 5.74) is 0. The predicted octanol–water partition coefficient (Wildman–Crippen LogP) is 3.61. The van der Waals surface area contributed by atoms with Gasteiger partial charge in [-0.2, -0.15) is 0 Å². The van der Waals surface area contributed by atoms with Crippen molar-refractivity contribution < 1.29 is 0 Å². The quantitative estimate of drug-likeness (QED) is 0.608. The second-order valence-corrected chi connectivity index (χ2v) is 4.42. The summed E-state index contributed by atoms with van der Waals surface area (Å²) in [4.78, 5) is 2.55. The van der Waals surface area contributed by atoms with E-state index in [0.29, 0.717) is 0 Å². The fourth-order valence-corrected chi connectivity index (χ4v) is 2.21. The molecule has 0 aromatic rings. The van der Waals surface area contributed by atoms with E-state index >= 15 is 0 Å². The van der Waals surface area contributed by atoms with E-state index in [-0.39, 0.29) is 0 Å². The molecular formula is C13H25N. The van der Waals surface area contributed by atoms with E-state index in [1.54, 1.807) is 0 Å². The molecule has 0 unspecified atom stereocenters. The van der Waals surface area contributed by atoms with E-state index in [2.05, 4.69) is 11.5 Å². The predicted molar refractivity (Wildman–Crippen MR) is 63.6 cm³/mol. The molecule has 1 heteroatoms. The van der Waals surface area contributed by atoms with Gasteiger partial charge in [-0.1, -0.05) is 44.6 Å². The minimum Gasteiger partial charge on any atom is -0.300 e. The molecule has 0 spiro atoms. The molecular weight excluding hydrogens is 170 g/mol. The van der Waals surface area contributed by atoms with Crippen molar-refractivity contribution in [3.05, 3.63) is 12.7 Å². The summed E-state index contributed by atoms with van der Waals surface area (Å²) in [6.07, 6.45) is 13.5. The Hall–Kier alpha value is -0.300. The molecule has 1 rings (SSSR count). The van der Waals surface area contributed by atoms with Gasteiger partial charge in [-0.3, -0.25) is 4.90 Å². The lowest BCUT2D eigenvalue weighted by atomic mass is 10.1. The zero-order valence-electron chi connectivity index (χ0n) is 9.51. The first kappa shape index (κ1) is 11.8. The van der Waals surface area contributed by atoms with Gasteiger partial charge in [0.1, 0.15) is 0 Å². The van der Waals surface area contributed by atoms with Crippen molar-refractivity contribution in [2.45, 2.75) is 51.4 Å². The second kappa shape index (κ2) is 8.05. The van der Waals surface area contributed by atoms with Gasteiger partial charge in [-0.05, 0) is 25.9 Å². The molecule has 1 fully saturated rings. The number of hydrogen-bond donors (Lipinski definition) is 0. The van der Waals surface area contributed by atoms with Crippen LogP contribution in [0.25, 0.3) is 0 Å². The van der Waals surface area contributed by atoms with Gasteiger partial charge in [0.25, 0.3) is 0 Å². The third kappa shape index (κ3) is 5.43. The number of rotatable bonds is 2. The van der Waals surface area contributed by atoms with Gasteiger partial charge in [0, 0.05) is 6.54 Å². The van der Waals surface area contributed by atoms with Crippen LogP contribution < -0.4 is 0 Å². The van der Waals surface area contributed by atoms with Gasteiger partial charge in [0.05, 0.1) is 0 Å². The van der Waals surface area contributed by atoms with Crippen LogP contribution in [0.2, 0.25) is 0 Å².